The molecule has 0 fully saturated rings. The Morgan fingerprint density at radius 3 is 2.33 bits per heavy atom. The average Bonchev–Trinajstić information content (AvgIpc) is 2.08. The second-order valence-corrected chi connectivity index (χ2v) is 2.94. The third-order valence-corrected chi connectivity index (χ3v) is 2.08. The molecular weight excluding hydrogens is 235 g/mol. The molecule has 5 heteroatoms. The van der Waals surface area contributed by atoms with Gasteiger partial charge in [-0.1, -0.05) is 6.92 Å². The van der Waals surface area contributed by atoms with Crippen LogP contribution in [0.4, 0.5) is 13.2 Å². The van der Waals surface area contributed by atoms with Gasteiger partial charge < -0.3 is 0 Å². The van der Waals surface area contributed by atoms with Crippen LogP contribution in [0.1, 0.15) is 12.6 Å². The lowest BCUT2D eigenvalue weighted by Gasteiger charge is -2.02. The van der Waals surface area contributed by atoms with Gasteiger partial charge in [0.1, 0.15) is 0 Å². The quantitative estimate of drug-likeness (QED) is 0.687. The highest BCUT2D eigenvalue weighted by Crippen LogP contribution is 2.22. The Hall–Kier alpha value is -0.580. The Kier molecular flexibility index (Phi) is 2.72. The van der Waals surface area contributed by atoms with Gasteiger partial charge in [0.15, 0.2) is 11.6 Å². The third-order valence-electron chi connectivity index (χ3n) is 1.39. The van der Waals surface area contributed by atoms with Crippen LogP contribution in [0.25, 0.3) is 0 Å². The zero-order valence-corrected chi connectivity index (χ0v) is 7.75. The van der Waals surface area contributed by atoms with Crippen molar-refractivity contribution in [3.63, 3.8) is 0 Å². The smallest absolute Gasteiger partial charge is 0.219 e. The number of pyridine rings is 1. The molecule has 0 aromatic carbocycles. The minimum Gasteiger partial charge on any atom is -0.219 e. The van der Waals surface area contributed by atoms with E-state index in [0.717, 1.165) is 0 Å². The first kappa shape index (κ1) is 9.51. The molecule has 12 heavy (non-hydrogen) atoms. The molecule has 0 unspecified atom stereocenters. The normalized spacial score (nSPS) is 10.4. The molecule has 1 nitrogen and oxygen atoms in total. The van der Waals surface area contributed by atoms with E-state index in [1.165, 1.54) is 0 Å². The Balaban J connectivity index is 3.39. The highest BCUT2D eigenvalue weighted by molar-refractivity contribution is 9.10. The molecule has 0 N–H and O–H groups in total. The van der Waals surface area contributed by atoms with Crippen molar-refractivity contribution >= 4 is 15.9 Å². The molecule has 1 aromatic heterocycles. The van der Waals surface area contributed by atoms with E-state index in [4.69, 9.17) is 0 Å². The largest absolute Gasteiger partial charge is 0.250 e. The molecule has 0 atom stereocenters. The third kappa shape index (κ3) is 1.46. The van der Waals surface area contributed by atoms with Crippen LogP contribution in [0.15, 0.2) is 4.47 Å². The van der Waals surface area contributed by atoms with Crippen molar-refractivity contribution in [2.45, 2.75) is 13.3 Å². The SMILES string of the molecule is CCc1nc(F)c(F)c(Br)c1F. The molecule has 0 saturated heterocycles. The fraction of sp³-hybridized carbons (Fsp3) is 0.286. The van der Waals surface area contributed by atoms with Gasteiger partial charge in [0.05, 0.1) is 10.2 Å². The number of aromatic nitrogens is 1. The topological polar surface area (TPSA) is 12.9 Å². The molecule has 0 spiro atoms. The van der Waals surface area contributed by atoms with E-state index in [9.17, 15) is 13.2 Å². The zero-order chi connectivity index (χ0) is 9.30. The van der Waals surface area contributed by atoms with Crippen LogP contribution in [-0.4, -0.2) is 4.98 Å². The van der Waals surface area contributed by atoms with Gasteiger partial charge in [-0.2, -0.15) is 4.39 Å². The van der Waals surface area contributed by atoms with Crippen LogP contribution >= 0.6 is 15.9 Å². The van der Waals surface area contributed by atoms with Crippen molar-refractivity contribution in [1.29, 1.82) is 0 Å². The van der Waals surface area contributed by atoms with E-state index in [-0.39, 0.29) is 12.1 Å². The van der Waals surface area contributed by atoms with Gasteiger partial charge >= 0.3 is 0 Å². The fourth-order valence-electron chi connectivity index (χ4n) is 0.765. The van der Waals surface area contributed by atoms with Crippen LogP contribution in [-0.2, 0) is 6.42 Å². The number of rotatable bonds is 1. The van der Waals surface area contributed by atoms with Crippen molar-refractivity contribution in [2.24, 2.45) is 0 Å². The van der Waals surface area contributed by atoms with Crippen molar-refractivity contribution < 1.29 is 13.2 Å². The van der Waals surface area contributed by atoms with Crippen LogP contribution in [0.5, 0.6) is 0 Å². The summed E-state index contributed by atoms with van der Waals surface area (Å²) in [5.74, 6) is -3.40. The maximum atomic E-state index is 12.9. The van der Waals surface area contributed by atoms with Crippen molar-refractivity contribution in [3.8, 4) is 0 Å². The van der Waals surface area contributed by atoms with Gasteiger partial charge in [-0.05, 0) is 22.4 Å². The zero-order valence-electron chi connectivity index (χ0n) is 6.17. The molecule has 0 amide bonds. The van der Waals surface area contributed by atoms with E-state index >= 15 is 0 Å². The number of hydrogen-bond donors (Lipinski definition) is 0. The number of hydrogen-bond acceptors (Lipinski definition) is 1. The fourth-order valence-corrected chi connectivity index (χ4v) is 1.16. The van der Waals surface area contributed by atoms with Crippen LogP contribution < -0.4 is 0 Å². The highest BCUT2D eigenvalue weighted by atomic mass is 79.9. The highest BCUT2D eigenvalue weighted by Gasteiger charge is 2.16. The lowest BCUT2D eigenvalue weighted by molar-refractivity contribution is 0.450. The van der Waals surface area contributed by atoms with Crippen molar-refractivity contribution in [3.05, 3.63) is 27.7 Å². The molecule has 66 valence electrons. The van der Waals surface area contributed by atoms with Crippen molar-refractivity contribution in [1.82, 2.24) is 4.98 Å². The van der Waals surface area contributed by atoms with Crippen LogP contribution in [0.3, 0.4) is 0 Å². The van der Waals surface area contributed by atoms with Crippen molar-refractivity contribution in [2.75, 3.05) is 0 Å². The molecule has 1 heterocycles. The average molecular weight is 240 g/mol. The first-order valence-corrected chi connectivity index (χ1v) is 4.06. The predicted molar refractivity (Wildman–Crippen MR) is 41.2 cm³/mol. The molecular formula is C7H5BrF3N. The Bertz CT molecular complexity index is 314. The molecule has 0 aliphatic heterocycles. The predicted octanol–water partition coefficient (Wildman–Crippen LogP) is 2.82. The Morgan fingerprint density at radius 1 is 1.25 bits per heavy atom. The molecule has 1 aromatic rings. The van der Waals surface area contributed by atoms with Crippen LogP contribution in [0, 0.1) is 17.6 Å². The summed E-state index contributed by atoms with van der Waals surface area (Å²) >= 11 is 2.59. The number of nitrogens with zero attached hydrogens (tertiary/aromatic N) is 1. The van der Waals surface area contributed by atoms with E-state index in [0.29, 0.717) is 0 Å². The first-order valence-electron chi connectivity index (χ1n) is 3.26. The van der Waals surface area contributed by atoms with Gasteiger partial charge in [-0.15, -0.1) is 0 Å². The monoisotopic (exact) mass is 239 g/mol. The summed E-state index contributed by atoms with van der Waals surface area (Å²) in [6.07, 6.45) is 0.224. The molecule has 0 saturated carbocycles. The number of halogens is 4. The summed E-state index contributed by atoms with van der Waals surface area (Å²) in [4.78, 5) is 3.10. The summed E-state index contributed by atoms with van der Waals surface area (Å²) in [6.45, 7) is 1.61. The Morgan fingerprint density at radius 2 is 1.83 bits per heavy atom. The summed E-state index contributed by atoms with van der Waals surface area (Å²) in [7, 11) is 0. The summed E-state index contributed by atoms with van der Waals surface area (Å²) in [5, 5.41) is 0. The van der Waals surface area contributed by atoms with E-state index in [1.807, 2.05) is 0 Å². The Labute approximate surface area is 75.7 Å². The standard InChI is InChI=1S/C7H5BrF3N/c1-2-3-5(9)4(8)6(10)7(11)12-3/h2H2,1H3. The molecule has 0 aliphatic carbocycles. The lowest BCUT2D eigenvalue weighted by atomic mass is 10.3. The molecule has 0 bridgehead atoms. The van der Waals surface area contributed by atoms with Gasteiger partial charge in [-0.3, -0.25) is 0 Å². The maximum Gasteiger partial charge on any atom is 0.250 e. The lowest BCUT2D eigenvalue weighted by Crippen LogP contribution is -2.01. The van der Waals surface area contributed by atoms with E-state index < -0.39 is 22.1 Å². The molecule has 0 aliphatic rings. The summed E-state index contributed by atoms with van der Waals surface area (Å²) in [5.41, 5.74) is -0.0826. The molecule has 0 radical (unpaired) electrons. The van der Waals surface area contributed by atoms with Gasteiger partial charge in [0.25, 0.3) is 5.95 Å². The second kappa shape index (κ2) is 3.43. The minimum atomic E-state index is -1.29. The minimum absolute atomic E-state index is 0.0826. The summed E-state index contributed by atoms with van der Waals surface area (Å²) in [6, 6.07) is 0. The first-order chi connectivity index (χ1) is 5.57. The number of aryl methyl sites for hydroxylation is 1. The molecule has 1 rings (SSSR count). The second-order valence-electron chi connectivity index (χ2n) is 2.14. The van der Waals surface area contributed by atoms with Gasteiger partial charge in [-0.25, -0.2) is 13.8 Å². The van der Waals surface area contributed by atoms with E-state index in [1.54, 1.807) is 6.92 Å². The van der Waals surface area contributed by atoms with E-state index in [2.05, 4.69) is 20.9 Å². The summed E-state index contributed by atoms with van der Waals surface area (Å²) < 4.78 is 37.5. The maximum absolute atomic E-state index is 12.9. The van der Waals surface area contributed by atoms with Gasteiger partial charge in [0, 0.05) is 0 Å². The van der Waals surface area contributed by atoms with Crippen LogP contribution in [0.2, 0.25) is 0 Å². The van der Waals surface area contributed by atoms with Gasteiger partial charge in [0.2, 0.25) is 0 Å².